The maximum absolute atomic E-state index is 11.2. The van der Waals surface area contributed by atoms with Gasteiger partial charge < -0.3 is 19.3 Å². The minimum Gasteiger partial charge on any atom is -0.489 e. The molecule has 2 aromatic rings. The van der Waals surface area contributed by atoms with Crippen molar-refractivity contribution in [1.29, 1.82) is 0 Å². The summed E-state index contributed by atoms with van der Waals surface area (Å²) < 4.78 is 15.6. The Labute approximate surface area is 142 Å². The van der Waals surface area contributed by atoms with Gasteiger partial charge in [-0.1, -0.05) is 0 Å². The van der Waals surface area contributed by atoms with E-state index in [0.29, 0.717) is 17.2 Å². The van der Waals surface area contributed by atoms with Gasteiger partial charge in [0.15, 0.2) is 0 Å². The number of hydrogen-bond acceptors (Lipinski definition) is 7. The first-order chi connectivity index (χ1) is 12.1. The maximum Gasteiger partial charge on any atom is 0.413 e. The number of aromatic nitrogens is 2. The lowest BCUT2D eigenvalue weighted by molar-refractivity contribution is 0.186. The van der Waals surface area contributed by atoms with E-state index in [-0.39, 0.29) is 25.0 Å². The highest BCUT2D eigenvalue weighted by Gasteiger charge is 2.23. The average Bonchev–Trinajstić information content (AvgIpc) is 2.61. The second-order valence-corrected chi connectivity index (χ2v) is 4.85. The Morgan fingerprint density at radius 2 is 2.20 bits per heavy atom. The van der Waals surface area contributed by atoms with Gasteiger partial charge in [-0.05, 0) is 12.1 Å². The molecule has 2 amide bonds. The Kier molecular flexibility index (Phi) is 4.50. The van der Waals surface area contributed by atoms with E-state index in [9.17, 15) is 14.7 Å². The van der Waals surface area contributed by atoms with E-state index >= 15 is 0 Å². The summed E-state index contributed by atoms with van der Waals surface area (Å²) in [7, 11) is 1.23. The molecule has 3 rings (SSSR count). The lowest BCUT2D eigenvalue weighted by atomic mass is 10.2. The summed E-state index contributed by atoms with van der Waals surface area (Å²) in [5, 5.41) is 11.5. The molecule has 10 nitrogen and oxygen atoms in total. The monoisotopic (exact) mass is 346 g/mol. The molecule has 1 aliphatic heterocycles. The van der Waals surface area contributed by atoms with Gasteiger partial charge in [0.2, 0.25) is 11.8 Å². The van der Waals surface area contributed by atoms with E-state index in [1.165, 1.54) is 24.3 Å². The van der Waals surface area contributed by atoms with Crippen LogP contribution in [0.15, 0.2) is 30.5 Å². The van der Waals surface area contributed by atoms with Crippen LogP contribution >= 0.6 is 0 Å². The standard InChI is InChI=1S/C15H14N4O6/c1-23-14(20)18-13-16-5-4-12(17-13)25-9-2-3-10-11(8-9)24-7-6-19(10)15(21)22/h2-5,8H,6-7H2,1H3,(H,21,22)(H,16,17,18,20). The van der Waals surface area contributed by atoms with Gasteiger partial charge in [-0.15, -0.1) is 0 Å². The number of amides is 2. The molecule has 130 valence electrons. The van der Waals surface area contributed by atoms with Crippen LogP contribution in [0, 0.1) is 0 Å². The molecule has 0 atom stereocenters. The summed E-state index contributed by atoms with van der Waals surface area (Å²) in [6.45, 7) is 0.514. The first-order valence-corrected chi connectivity index (χ1v) is 7.20. The summed E-state index contributed by atoms with van der Waals surface area (Å²) in [4.78, 5) is 31.5. The van der Waals surface area contributed by atoms with Crippen molar-refractivity contribution in [2.45, 2.75) is 0 Å². The zero-order chi connectivity index (χ0) is 17.8. The SMILES string of the molecule is COC(=O)Nc1nccc(Oc2ccc3c(c2)OCCN3C(=O)O)n1. The first kappa shape index (κ1) is 16.3. The topological polar surface area (TPSA) is 123 Å². The molecule has 10 heteroatoms. The molecule has 25 heavy (non-hydrogen) atoms. The molecule has 0 radical (unpaired) electrons. The van der Waals surface area contributed by atoms with Gasteiger partial charge in [0, 0.05) is 18.3 Å². The minimum atomic E-state index is -1.05. The normalized spacial score (nSPS) is 12.6. The van der Waals surface area contributed by atoms with Crippen LogP contribution in [-0.2, 0) is 4.74 Å². The first-order valence-electron chi connectivity index (χ1n) is 7.20. The van der Waals surface area contributed by atoms with Crippen molar-refractivity contribution in [3.8, 4) is 17.4 Å². The van der Waals surface area contributed by atoms with E-state index in [4.69, 9.17) is 9.47 Å². The zero-order valence-corrected chi connectivity index (χ0v) is 13.1. The van der Waals surface area contributed by atoms with Gasteiger partial charge in [-0.2, -0.15) is 4.98 Å². The van der Waals surface area contributed by atoms with Crippen LogP contribution in [0.25, 0.3) is 0 Å². The van der Waals surface area contributed by atoms with E-state index in [2.05, 4.69) is 20.0 Å². The van der Waals surface area contributed by atoms with Crippen LogP contribution < -0.4 is 19.7 Å². The van der Waals surface area contributed by atoms with Crippen molar-refractivity contribution in [3.63, 3.8) is 0 Å². The fraction of sp³-hybridized carbons (Fsp3) is 0.200. The van der Waals surface area contributed by atoms with Gasteiger partial charge in [-0.25, -0.2) is 14.6 Å². The molecule has 0 aliphatic carbocycles. The van der Waals surface area contributed by atoms with Gasteiger partial charge in [0.05, 0.1) is 19.3 Å². The number of benzene rings is 1. The Balaban J connectivity index is 1.79. The van der Waals surface area contributed by atoms with Crippen LogP contribution in [0.2, 0.25) is 0 Å². The predicted octanol–water partition coefficient (Wildman–Crippen LogP) is 2.32. The van der Waals surface area contributed by atoms with Crippen LogP contribution in [-0.4, -0.2) is 47.5 Å². The van der Waals surface area contributed by atoms with Crippen molar-refractivity contribution in [3.05, 3.63) is 30.5 Å². The number of hydrogen-bond donors (Lipinski definition) is 2. The molecule has 1 aromatic carbocycles. The van der Waals surface area contributed by atoms with Crippen molar-refractivity contribution in [2.75, 3.05) is 30.5 Å². The molecule has 0 spiro atoms. The number of methoxy groups -OCH3 is 1. The number of nitrogens with zero attached hydrogens (tertiary/aromatic N) is 3. The molecule has 0 saturated heterocycles. The number of fused-ring (bicyclic) bond motifs is 1. The molecule has 2 N–H and O–H groups in total. The third kappa shape index (κ3) is 3.68. The highest BCUT2D eigenvalue weighted by atomic mass is 16.5. The van der Waals surface area contributed by atoms with Gasteiger partial charge in [-0.3, -0.25) is 10.2 Å². The minimum absolute atomic E-state index is 0.0237. The molecule has 0 fully saturated rings. The smallest absolute Gasteiger partial charge is 0.413 e. The molecule has 0 saturated carbocycles. The third-order valence-corrected chi connectivity index (χ3v) is 3.28. The van der Waals surface area contributed by atoms with Gasteiger partial charge in [0.25, 0.3) is 0 Å². The Bertz CT molecular complexity index is 812. The number of rotatable bonds is 3. The van der Waals surface area contributed by atoms with Crippen molar-refractivity contribution >= 4 is 23.8 Å². The molecule has 2 heterocycles. The predicted molar refractivity (Wildman–Crippen MR) is 85.4 cm³/mol. The Morgan fingerprint density at radius 1 is 1.36 bits per heavy atom. The molecular weight excluding hydrogens is 332 g/mol. The van der Waals surface area contributed by atoms with Crippen LogP contribution in [0.1, 0.15) is 0 Å². The van der Waals surface area contributed by atoms with Crippen LogP contribution in [0.4, 0.5) is 21.2 Å². The summed E-state index contributed by atoms with van der Waals surface area (Å²) in [5.74, 6) is 1.00. The zero-order valence-electron chi connectivity index (χ0n) is 13.1. The molecule has 0 unspecified atom stereocenters. The number of ether oxygens (including phenoxy) is 3. The third-order valence-electron chi connectivity index (χ3n) is 3.28. The summed E-state index contributed by atoms with van der Waals surface area (Å²) >= 11 is 0. The van der Waals surface area contributed by atoms with Gasteiger partial charge >= 0.3 is 12.2 Å². The number of nitrogens with one attached hydrogen (secondary N) is 1. The second kappa shape index (κ2) is 6.91. The molecule has 0 bridgehead atoms. The highest BCUT2D eigenvalue weighted by Crippen LogP contribution is 2.36. The molecule has 1 aliphatic rings. The van der Waals surface area contributed by atoms with E-state index in [0.717, 1.165) is 0 Å². The quantitative estimate of drug-likeness (QED) is 0.868. The molecular formula is C15H14N4O6. The summed E-state index contributed by atoms with van der Waals surface area (Å²) in [6.07, 6.45) is -0.338. The Hall–Kier alpha value is -3.56. The lowest BCUT2D eigenvalue weighted by Crippen LogP contribution is -2.36. The summed E-state index contributed by atoms with van der Waals surface area (Å²) in [6, 6.07) is 6.26. The number of carbonyl (C=O) groups is 2. The van der Waals surface area contributed by atoms with Crippen LogP contribution in [0.5, 0.6) is 17.4 Å². The lowest BCUT2D eigenvalue weighted by Gasteiger charge is -2.27. The van der Waals surface area contributed by atoms with Crippen molar-refractivity contribution < 1.29 is 28.9 Å². The van der Waals surface area contributed by atoms with Gasteiger partial charge in [0.1, 0.15) is 18.1 Å². The fourth-order valence-corrected chi connectivity index (χ4v) is 2.18. The largest absolute Gasteiger partial charge is 0.489 e. The number of carbonyl (C=O) groups excluding carboxylic acids is 1. The number of anilines is 2. The van der Waals surface area contributed by atoms with E-state index in [1.807, 2.05) is 0 Å². The van der Waals surface area contributed by atoms with Crippen LogP contribution in [0.3, 0.4) is 0 Å². The fourth-order valence-electron chi connectivity index (χ4n) is 2.18. The second-order valence-electron chi connectivity index (χ2n) is 4.85. The van der Waals surface area contributed by atoms with Crippen molar-refractivity contribution in [2.24, 2.45) is 0 Å². The highest BCUT2D eigenvalue weighted by molar-refractivity contribution is 5.89. The van der Waals surface area contributed by atoms with E-state index < -0.39 is 12.2 Å². The molecule has 1 aromatic heterocycles. The number of carboxylic acid groups (broad SMARTS) is 1. The average molecular weight is 346 g/mol. The maximum atomic E-state index is 11.2. The van der Waals surface area contributed by atoms with E-state index in [1.54, 1.807) is 18.2 Å². The summed E-state index contributed by atoms with van der Waals surface area (Å²) in [5.41, 5.74) is 0.446. The van der Waals surface area contributed by atoms with Crippen molar-refractivity contribution in [1.82, 2.24) is 9.97 Å². The Morgan fingerprint density at radius 3 is 2.96 bits per heavy atom.